The minimum atomic E-state index is 0. The van der Waals surface area contributed by atoms with Crippen LogP contribution in [0.25, 0.3) is 0 Å². The van der Waals surface area contributed by atoms with Gasteiger partial charge in [0.2, 0.25) is 0 Å². The van der Waals surface area contributed by atoms with Crippen LogP contribution in [0.1, 0.15) is 28.2 Å². The van der Waals surface area contributed by atoms with Crippen LogP contribution in [0.3, 0.4) is 0 Å². The van der Waals surface area contributed by atoms with Crippen LogP contribution >= 0.6 is 0 Å². The summed E-state index contributed by atoms with van der Waals surface area (Å²) in [5.41, 5.74) is 0. The Morgan fingerprint density at radius 1 is 1.08 bits per heavy atom. The molecule has 0 bridgehead atoms. The zero-order valence-electron chi connectivity index (χ0n) is 8.01. The van der Waals surface area contributed by atoms with Crippen LogP contribution < -0.4 is 0 Å². The van der Waals surface area contributed by atoms with E-state index >= 15 is 0 Å². The van der Waals surface area contributed by atoms with Gasteiger partial charge in [0.15, 0.2) is 0 Å². The van der Waals surface area contributed by atoms with E-state index in [2.05, 4.69) is 30.6 Å². The zero-order valence-corrected chi connectivity index (χ0v) is 8.01. The third-order valence-corrected chi connectivity index (χ3v) is 2.58. The number of nitrogens with zero attached hydrogens (tertiary/aromatic N) is 2. The van der Waals surface area contributed by atoms with Gasteiger partial charge >= 0.3 is 0 Å². The summed E-state index contributed by atoms with van der Waals surface area (Å²) in [5, 5.41) is 0. The van der Waals surface area contributed by atoms with Gasteiger partial charge in [-0.05, 0) is 20.4 Å². The first-order valence-electron chi connectivity index (χ1n) is 4.70. The Bertz CT molecular complexity index is 104. The minimum Gasteiger partial charge on any atom is -0.301 e. The summed E-state index contributed by atoms with van der Waals surface area (Å²) in [4.78, 5) is 5.06. The Kier molecular flexibility index (Phi) is 5.51. The molecule has 0 aromatic heterocycles. The highest BCUT2D eigenvalue weighted by Gasteiger charge is 2.16. The predicted octanol–water partition coefficient (Wildman–Crippen LogP) is 1.67. The second kappa shape index (κ2) is 5.55. The summed E-state index contributed by atoms with van der Waals surface area (Å²) in [7, 11) is 0. The predicted molar refractivity (Wildman–Crippen MR) is 55.6 cm³/mol. The molecule has 74 valence electrons. The summed E-state index contributed by atoms with van der Waals surface area (Å²) >= 11 is 0. The highest BCUT2D eigenvalue weighted by Crippen LogP contribution is 2.04. The smallest absolute Gasteiger partial charge is 0.0113 e. The zero-order chi connectivity index (χ0) is 8.27. The van der Waals surface area contributed by atoms with Gasteiger partial charge in [0.1, 0.15) is 0 Å². The normalized spacial score (nSPS) is 21.0. The second-order valence-electron chi connectivity index (χ2n) is 3.56. The lowest BCUT2D eigenvalue weighted by Crippen LogP contribution is -2.48. The largest absolute Gasteiger partial charge is 0.301 e. The number of likely N-dealkylation sites (N-methyl/N-ethyl adjacent to an activating group) is 1. The third kappa shape index (κ3) is 3.11. The van der Waals surface area contributed by atoms with Crippen molar-refractivity contribution in [2.75, 3.05) is 32.7 Å². The van der Waals surface area contributed by atoms with Gasteiger partial charge in [0.05, 0.1) is 0 Å². The van der Waals surface area contributed by atoms with Crippen LogP contribution in [-0.4, -0.2) is 48.6 Å². The fourth-order valence-corrected chi connectivity index (χ4v) is 1.60. The molecule has 0 atom stereocenters. The van der Waals surface area contributed by atoms with E-state index in [1.165, 1.54) is 32.7 Å². The Hall–Kier alpha value is -0.0800. The molecule has 2 nitrogen and oxygen atoms in total. The SMILES string of the molecule is C.CCN1CCN(C(C)C)CC1. The molecule has 1 saturated heterocycles. The molecule has 1 aliphatic heterocycles. The van der Waals surface area contributed by atoms with E-state index in [4.69, 9.17) is 0 Å². The lowest BCUT2D eigenvalue weighted by Gasteiger charge is -2.36. The van der Waals surface area contributed by atoms with Crippen molar-refractivity contribution in [3.05, 3.63) is 0 Å². The molecule has 0 aromatic rings. The average molecular weight is 172 g/mol. The van der Waals surface area contributed by atoms with E-state index in [0.717, 1.165) is 6.04 Å². The van der Waals surface area contributed by atoms with Gasteiger partial charge in [-0.2, -0.15) is 0 Å². The van der Waals surface area contributed by atoms with Crippen LogP contribution in [-0.2, 0) is 0 Å². The van der Waals surface area contributed by atoms with Gasteiger partial charge in [-0.15, -0.1) is 0 Å². The highest BCUT2D eigenvalue weighted by atomic mass is 15.3. The fraction of sp³-hybridized carbons (Fsp3) is 1.00. The Morgan fingerprint density at radius 3 is 1.92 bits per heavy atom. The summed E-state index contributed by atoms with van der Waals surface area (Å²) < 4.78 is 0. The number of hydrogen-bond donors (Lipinski definition) is 0. The molecule has 0 radical (unpaired) electrons. The van der Waals surface area contributed by atoms with Crippen molar-refractivity contribution in [1.82, 2.24) is 9.80 Å². The summed E-state index contributed by atoms with van der Waals surface area (Å²) in [6.45, 7) is 13.0. The summed E-state index contributed by atoms with van der Waals surface area (Å²) in [6, 6.07) is 0.731. The lowest BCUT2D eigenvalue weighted by molar-refractivity contribution is 0.112. The van der Waals surface area contributed by atoms with Gasteiger partial charge < -0.3 is 4.90 Å². The Labute approximate surface area is 77.5 Å². The molecule has 12 heavy (non-hydrogen) atoms. The molecular weight excluding hydrogens is 148 g/mol. The second-order valence-corrected chi connectivity index (χ2v) is 3.56. The van der Waals surface area contributed by atoms with Crippen molar-refractivity contribution in [2.45, 2.75) is 34.2 Å². The van der Waals surface area contributed by atoms with Gasteiger partial charge in [0, 0.05) is 32.2 Å². The third-order valence-electron chi connectivity index (χ3n) is 2.58. The van der Waals surface area contributed by atoms with E-state index in [0.29, 0.717) is 0 Å². The monoisotopic (exact) mass is 172 g/mol. The molecule has 1 fully saturated rings. The molecule has 0 aromatic carbocycles. The van der Waals surface area contributed by atoms with E-state index in [1.54, 1.807) is 0 Å². The number of piperazine rings is 1. The molecule has 1 heterocycles. The molecule has 0 saturated carbocycles. The van der Waals surface area contributed by atoms with Crippen molar-refractivity contribution >= 4 is 0 Å². The molecule has 1 aliphatic rings. The van der Waals surface area contributed by atoms with E-state index in [1.807, 2.05) is 0 Å². The quantitative estimate of drug-likeness (QED) is 0.625. The summed E-state index contributed by atoms with van der Waals surface area (Å²) in [5.74, 6) is 0. The molecule has 0 amide bonds. The van der Waals surface area contributed by atoms with Gasteiger partial charge in [-0.25, -0.2) is 0 Å². The van der Waals surface area contributed by atoms with Crippen molar-refractivity contribution in [2.24, 2.45) is 0 Å². The average Bonchev–Trinajstić information content (AvgIpc) is 2.05. The van der Waals surface area contributed by atoms with E-state index in [9.17, 15) is 0 Å². The Morgan fingerprint density at radius 2 is 1.58 bits per heavy atom. The van der Waals surface area contributed by atoms with Crippen LogP contribution in [0.5, 0.6) is 0 Å². The van der Waals surface area contributed by atoms with Gasteiger partial charge in [-0.3, -0.25) is 4.90 Å². The number of hydrogen-bond acceptors (Lipinski definition) is 2. The fourth-order valence-electron chi connectivity index (χ4n) is 1.60. The molecule has 0 spiro atoms. The maximum absolute atomic E-state index is 2.55. The maximum Gasteiger partial charge on any atom is 0.0113 e. The first kappa shape index (κ1) is 11.9. The van der Waals surface area contributed by atoms with Crippen molar-refractivity contribution in [1.29, 1.82) is 0 Å². The van der Waals surface area contributed by atoms with E-state index in [-0.39, 0.29) is 7.43 Å². The topological polar surface area (TPSA) is 6.48 Å². The lowest BCUT2D eigenvalue weighted by atomic mass is 10.2. The molecular formula is C10H24N2. The molecule has 1 rings (SSSR count). The molecule has 2 heteroatoms. The van der Waals surface area contributed by atoms with Crippen LogP contribution in [0.15, 0.2) is 0 Å². The van der Waals surface area contributed by atoms with Crippen molar-refractivity contribution < 1.29 is 0 Å². The summed E-state index contributed by atoms with van der Waals surface area (Å²) in [6.07, 6.45) is 0. The highest BCUT2D eigenvalue weighted by molar-refractivity contribution is 4.72. The first-order valence-corrected chi connectivity index (χ1v) is 4.70. The van der Waals surface area contributed by atoms with E-state index < -0.39 is 0 Å². The number of rotatable bonds is 2. The Balaban J connectivity index is 0.00000121. The molecule has 0 aliphatic carbocycles. The maximum atomic E-state index is 2.55. The molecule has 0 N–H and O–H groups in total. The van der Waals surface area contributed by atoms with Crippen LogP contribution in [0.4, 0.5) is 0 Å². The van der Waals surface area contributed by atoms with Crippen molar-refractivity contribution in [3.8, 4) is 0 Å². The molecule has 0 unspecified atom stereocenters. The van der Waals surface area contributed by atoms with Crippen LogP contribution in [0.2, 0.25) is 0 Å². The van der Waals surface area contributed by atoms with Crippen LogP contribution in [0, 0.1) is 0 Å². The minimum absolute atomic E-state index is 0. The van der Waals surface area contributed by atoms with Gasteiger partial charge in [-0.1, -0.05) is 14.4 Å². The first-order chi connectivity index (χ1) is 5.24. The van der Waals surface area contributed by atoms with Gasteiger partial charge in [0.25, 0.3) is 0 Å². The standard InChI is InChI=1S/C9H20N2.CH4/c1-4-10-5-7-11(8-6-10)9(2)3;/h9H,4-8H2,1-3H3;1H4. The van der Waals surface area contributed by atoms with Crippen molar-refractivity contribution in [3.63, 3.8) is 0 Å².